The molecule has 0 aliphatic carbocycles. The van der Waals surface area contributed by atoms with Crippen molar-refractivity contribution in [3.8, 4) is 11.3 Å². The highest BCUT2D eigenvalue weighted by Gasteiger charge is 2.09. The van der Waals surface area contributed by atoms with Gasteiger partial charge in [0, 0.05) is 29.3 Å². The van der Waals surface area contributed by atoms with Crippen molar-refractivity contribution in [2.75, 3.05) is 0 Å². The van der Waals surface area contributed by atoms with E-state index in [-0.39, 0.29) is 6.42 Å². The van der Waals surface area contributed by atoms with Crippen LogP contribution in [0, 0.1) is 0 Å². The third-order valence-corrected chi connectivity index (χ3v) is 4.07. The number of benzene rings is 1. The third-order valence-electron chi connectivity index (χ3n) is 3.18. The van der Waals surface area contributed by atoms with Crippen LogP contribution in [-0.4, -0.2) is 20.5 Å². The number of hydrogen-bond donors (Lipinski definition) is 1. The second-order valence-electron chi connectivity index (χ2n) is 4.62. The summed E-state index contributed by atoms with van der Waals surface area (Å²) >= 11 is 1.59. The number of thiazole rings is 1. The topological polar surface area (TPSA) is 54.6 Å². The number of carboxylic acid groups (broad SMARTS) is 1. The smallest absolute Gasteiger partial charge is 0.303 e. The molecule has 0 saturated carbocycles. The van der Waals surface area contributed by atoms with Crippen molar-refractivity contribution < 1.29 is 9.90 Å². The van der Waals surface area contributed by atoms with E-state index in [1.54, 1.807) is 11.3 Å². The van der Waals surface area contributed by atoms with E-state index in [0.29, 0.717) is 6.42 Å². The number of aryl methyl sites for hydroxylation is 1. The molecule has 0 bridgehead atoms. The third kappa shape index (κ3) is 2.58. The highest BCUT2D eigenvalue weighted by Crippen LogP contribution is 2.24. The van der Waals surface area contributed by atoms with Gasteiger partial charge in [0.25, 0.3) is 0 Å². The Morgan fingerprint density at radius 2 is 2.10 bits per heavy atom. The molecule has 0 amide bonds. The molecule has 0 radical (unpaired) electrons. The number of aliphatic carboxylic acids is 1. The maximum absolute atomic E-state index is 10.6. The number of fused-ring (bicyclic) bond motifs is 1. The number of nitrogens with zero attached hydrogens (tertiary/aromatic N) is 2. The Bertz CT molecular complexity index is 731. The van der Waals surface area contributed by atoms with Gasteiger partial charge >= 0.3 is 5.97 Å². The summed E-state index contributed by atoms with van der Waals surface area (Å²) < 4.78 is 2.06. The summed E-state index contributed by atoms with van der Waals surface area (Å²) in [4.78, 5) is 16.1. The van der Waals surface area contributed by atoms with Gasteiger partial charge in [-0.25, -0.2) is 4.98 Å². The average Bonchev–Trinajstić information content (AvgIpc) is 3.01. The first kappa shape index (κ1) is 12.9. The number of carbonyl (C=O) groups is 1. The summed E-state index contributed by atoms with van der Waals surface area (Å²) in [7, 11) is 0. The van der Waals surface area contributed by atoms with Crippen LogP contribution in [0.15, 0.2) is 41.9 Å². The summed E-state index contributed by atoms with van der Waals surface area (Å²) in [5.41, 5.74) is 3.18. The van der Waals surface area contributed by atoms with Crippen LogP contribution >= 0.6 is 11.3 Å². The highest BCUT2D eigenvalue weighted by atomic mass is 32.1. The van der Waals surface area contributed by atoms with E-state index >= 15 is 0 Å². The fourth-order valence-electron chi connectivity index (χ4n) is 2.18. The standard InChI is InChI=1S/C15H14N2O2S/c18-14(19)8-4-7-12-10-20-15-16-13(9-17(12)15)11-5-2-1-3-6-11/h1-3,5-6,9-10H,4,7-8H2,(H,18,19). The van der Waals surface area contributed by atoms with Crippen molar-refractivity contribution in [3.63, 3.8) is 0 Å². The first-order valence-corrected chi connectivity index (χ1v) is 7.34. The summed E-state index contributed by atoms with van der Waals surface area (Å²) in [5.74, 6) is -0.743. The molecule has 20 heavy (non-hydrogen) atoms. The minimum absolute atomic E-state index is 0.206. The predicted molar refractivity (Wildman–Crippen MR) is 79.1 cm³/mol. The molecular formula is C15H14N2O2S. The molecule has 2 aromatic heterocycles. The van der Waals surface area contributed by atoms with Gasteiger partial charge in [0.1, 0.15) is 0 Å². The fraction of sp³-hybridized carbons (Fsp3) is 0.200. The summed E-state index contributed by atoms with van der Waals surface area (Å²) in [5, 5.41) is 10.7. The maximum atomic E-state index is 10.6. The quantitative estimate of drug-likeness (QED) is 0.781. The number of carboxylic acids is 1. The lowest BCUT2D eigenvalue weighted by Crippen LogP contribution is -1.97. The first-order valence-electron chi connectivity index (χ1n) is 6.47. The van der Waals surface area contributed by atoms with Crippen LogP contribution < -0.4 is 0 Å². The highest BCUT2D eigenvalue weighted by molar-refractivity contribution is 7.15. The van der Waals surface area contributed by atoms with Crippen molar-refractivity contribution in [3.05, 3.63) is 47.6 Å². The maximum Gasteiger partial charge on any atom is 0.303 e. The molecular weight excluding hydrogens is 272 g/mol. The molecule has 0 atom stereocenters. The Labute approximate surface area is 120 Å². The van der Waals surface area contributed by atoms with Crippen molar-refractivity contribution in [1.29, 1.82) is 0 Å². The largest absolute Gasteiger partial charge is 0.481 e. The molecule has 1 aromatic carbocycles. The van der Waals surface area contributed by atoms with Gasteiger partial charge in [0.15, 0.2) is 4.96 Å². The van der Waals surface area contributed by atoms with Gasteiger partial charge in [-0.2, -0.15) is 0 Å². The van der Waals surface area contributed by atoms with Crippen LogP contribution in [-0.2, 0) is 11.2 Å². The fourth-order valence-corrected chi connectivity index (χ4v) is 3.09. The molecule has 2 heterocycles. The summed E-state index contributed by atoms with van der Waals surface area (Å²) in [6, 6.07) is 10.1. The van der Waals surface area contributed by atoms with Gasteiger partial charge < -0.3 is 5.11 Å². The molecule has 0 aliphatic heterocycles. The minimum atomic E-state index is -0.743. The molecule has 0 unspecified atom stereocenters. The lowest BCUT2D eigenvalue weighted by Gasteiger charge is -1.97. The number of imidazole rings is 1. The summed E-state index contributed by atoms with van der Waals surface area (Å²) in [6.07, 6.45) is 3.64. The Hall–Kier alpha value is -2.14. The normalized spacial score (nSPS) is 11.0. The monoisotopic (exact) mass is 286 g/mol. The van der Waals surface area contributed by atoms with Crippen LogP contribution in [0.4, 0.5) is 0 Å². The Balaban J connectivity index is 1.85. The average molecular weight is 286 g/mol. The van der Waals surface area contributed by atoms with E-state index in [9.17, 15) is 4.79 Å². The second-order valence-corrected chi connectivity index (χ2v) is 5.46. The Morgan fingerprint density at radius 1 is 1.30 bits per heavy atom. The van der Waals surface area contributed by atoms with E-state index in [2.05, 4.69) is 14.8 Å². The van der Waals surface area contributed by atoms with Crippen molar-refractivity contribution >= 4 is 22.3 Å². The number of aromatic nitrogens is 2. The number of rotatable bonds is 5. The zero-order valence-electron chi connectivity index (χ0n) is 10.8. The van der Waals surface area contributed by atoms with E-state index < -0.39 is 5.97 Å². The molecule has 3 aromatic rings. The van der Waals surface area contributed by atoms with Crippen molar-refractivity contribution in [1.82, 2.24) is 9.38 Å². The van der Waals surface area contributed by atoms with Crippen LogP contribution in [0.1, 0.15) is 18.5 Å². The molecule has 0 fully saturated rings. The van der Waals surface area contributed by atoms with Crippen LogP contribution in [0.2, 0.25) is 0 Å². The van der Waals surface area contributed by atoms with Gasteiger partial charge in [0.05, 0.1) is 5.69 Å². The summed E-state index contributed by atoms with van der Waals surface area (Å²) in [6.45, 7) is 0. The molecule has 5 heteroatoms. The van der Waals surface area contributed by atoms with Crippen molar-refractivity contribution in [2.45, 2.75) is 19.3 Å². The zero-order valence-corrected chi connectivity index (χ0v) is 11.6. The second kappa shape index (κ2) is 5.46. The van der Waals surface area contributed by atoms with Gasteiger partial charge in [-0.3, -0.25) is 9.20 Å². The lowest BCUT2D eigenvalue weighted by molar-refractivity contribution is -0.137. The van der Waals surface area contributed by atoms with E-state index in [1.165, 1.54) is 0 Å². The van der Waals surface area contributed by atoms with Gasteiger partial charge in [0.2, 0.25) is 0 Å². The molecule has 102 valence electrons. The Morgan fingerprint density at radius 3 is 2.85 bits per heavy atom. The lowest BCUT2D eigenvalue weighted by atomic mass is 10.2. The molecule has 0 aliphatic rings. The van der Waals surface area contributed by atoms with E-state index in [1.807, 2.05) is 36.5 Å². The zero-order chi connectivity index (χ0) is 13.9. The molecule has 4 nitrogen and oxygen atoms in total. The van der Waals surface area contributed by atoms with Crippen LogP contribution in [0.3, 0.4) is 0 Å². The van der Waals surface area contributed by atoms with Crippen LogP contribution in [0.25, 0.3) is 16.2 Å². The number of hydrogen-bond acceptors (Lipinski definition) is 3. The first-order chi connectivity index (χ1) is 9.74. The van der Waals surface area contributed by atoms with Gasteiger partial charge in [-0.05, 0) is 12.8 Å². The van der Waals surface area contributed by atoms with Gasteiger partial charge in [-0.15, -0.1) is 11.3 Å². The van der Waals surface area contributed by atoms with Gasteiger partial charge in [-0.1, -0.05) is 30.3 Å². The molecule has 1 N–H and O–H groups in total. The van der Waals surface area contributed by atoms with Crippen LogP contribution in [0.5, 0.6) is 0 Å². The van der Waals surface area contributed by atoms with E-state index in [0.717, 1.165) is 28.3 Å². The molecule has 0 saturated heterocycles. The molecule has 3 rings (SSSR count). The Kier molecular flexibility index (Phi) is 3.52. The molecule has 0 spiro atoms. The predicted octanol–water partition coefficient (Wildman–Crippen LogP) is 3.47. The van der Waals surface area contributed by atoms with E-state index in [4.69, 9.17) is 5.11 Å². The van der Waals surface area contributed by atoms with Crippen molar-refractivity contribution in [2.24, 2.45) is 0 Å². The SMILES string of the molecule is O=C(O)CCCc1csc2nc(-c3ccccc3)cn12. The minimum Gasteiger partial charge on any atom is -0.481 e.